The van der Waals surface area contributed by atoms with Gasteiger partial charge in [-0.05, 0) is 45.7 Å². The van der Waals surface area contributed by atoms with E-state index in [-0.39, 0.29) is 18.9 Å². The Morgan fingerprint density at radius 1 is 1.12 bits per heavy atom. The van der Waals surface area contributed by atoms with Gasteiger partial charge in [0.15, 0.2) is 0 Å². The molecule has 0 heterocycles. The van der Waals surface area contributed by atoms with Gasteiger partial charge in [-0.1, -0.05) is 55.1 Å². The van der Waals surface area contributed by atoms with Crippen LogP contribution in [-0.4, -0.2) is 17.6 Å². The predicted molar refractivity (Wildman–Crippen MR) is 102 cm³/mol. The number of aliphatic hydroxyl groups excluding tert-OH is 1. The predicted octanol–water partition coefficient (Wildman–Crippen LogP) is 4.01. The number of hydrogen-bond acceptors (Lipinski definition) is 2. The Kier molecular flexibility index (Phi) is 5.44. The van der Waals surface area contributed by atoms with Gasteiger partial charge in [-0.3, -0.25) is 4.79 Å². The van der Waals surface area contributed by atoms with Gasteiger partial charge in [-0.2, -0.15) is 0 Å². The fraction of sp³-hybridized carbons (Fsp3) is 0.136. The van der Waals surface area contributed by atoms with E-state index >= 15 is 0 Å². The summed E-state index contributed by atoms with van der Waals surface area (Å²) in [5, 5.41) is 14.7. The normalized spacial score (nSPS) is 11.9. The smallest absolute Gasteiger partial charge is 0.225 e. The Morgan fingerprint density at radius 2 is 1.88 bits per heavy atom. The summed E-state index contributed by atoms with van der Waals surface area (Å²) in [7, 11) is 0. The van der Waals surface area contributed by atoms with Gasteiger partial charge in [0.25, 0.3) is 0 Å². The summed E-state index contributed by atoms with van der Waals surface area (Å²) in [6, 6.07) is 17.4. The molecule has 0 bridgehead atoms. The maximum Gasteiger partial charge on any atom is 0.225 e. The zero-order chi connectivity index (χ0) is 18.5. The molecule has 0 radical (unpaired) electrons. The number of carbonyl (C=O) groups is 1. The maximum absolute atomic E-state index is 13.5. The summed E-state index contributed by atoms with van der Waals surface area (Å²) in [6.07, 6.45) is 1.61. The maximum atomic E-state index is 13.5. The summed E-state index contributed by atoms with van der Waals surface area (Å²) < 4.78 is 13.5. The van der Waals surface area contributed by atoms with E-state index in [4.69, 9.17) is 0 Å². The molecular formula is C22H20FNO2. The van der Waals surface area contributed by atoms with Crippen LogP contribution in [0.2, 0.25) is 0 Å². The van der Waals surface area contributed by atoms with Gasteiger partial charge < -0.3 is 10.4 Å². The molecule has 0 unspecified atom stereocenters. The summed E-state index contributed by atoms with van der Waals surface area (Å²) in [6.45, 7) is 3.47. The van der Waals surface area contributed by atoms with Crippen LogP contribution >= 0.6 is 0 Å². The van der Waals surface area contributed by atoms with E-state index in [9.17, 15) is 14.3 Å². The first-order chi connectivity index (χ1) is 12.6. The average molecular weight is 349 g/mol. The second kappa shape index (κ2) is 7.93. The average Bonchev–Trinajstić information content (AvgIpc) is 2.66. The molecule has 0 aliphatic heterocycles. The van der Waals surface area contributed by atoms with Crippen LogP contribution in [0.15, 0.2) is 67.2 Å². The van der Waals surface area contributed by atoms with Crippen molar-refractivity contribution in [3.8, 4) is 0 Å². The second-order valence-corrected chi connectivity index (χ2v) is 6.13. The number of hydrogen-bond donors (Lipinski definition) is 2. The minimum absolute atomic E-state index is 0.0171. The number of halogens is 1. The lowest BCUT2D eigenvalue weighted by atomic mass is 10.0. The zero-order valence-corrected chi connectivity index (χ0v) is 14.3. The van der Waals surface area contributed by atoms with E-state index < -0.39 is 11.9 Å². The third-order valence-corrected chi connectivity index (χ3v) is 4.37. The topological polar surface area (TPSA) is 49.3 Å². The molecule has 132 valence electrons. The Hall–Kier alpha value is -2.98. The first-order valence-corrected chi connectivity index (χ1v) is 8.40. The highest BCUT2D eigenvalue weighted by atomic mass is 19.1. The first-order valence-electron chi connectivity index (χ1n) is 8.40. The number of carbonyl (C=O) groups excluding carboxylic acids is 1. The van der Waals surface area contributed by atoms with Crippen LogP contribution < -0.4 is 5.32 Å². The van der Waals surface area contributed by atoms with Crippen LogP contribution in [0.1, 0.15) is 22.7 Å². The lowest BCUT2D eigenvalue weighted by molar-refractivity contribution is -0.121. The van der Waals surface area contributed by atoms with Crippen molar-refractivity contribution >= 4 is 22.8 Å². The molecule has 0 spiro atoms. The fourth-order valence-electron chi connectivity index (χ4n) is 3.00. The molecule has 3 aromatic rings. The fourth-order valence-corrected chi connectivity index (χ4v) is 3.00. The summed E-state index contributed by atoms with van der Waals surface area (Å²) in [5.74, 6) is -0.683. The molecule has 2 N–H and O–H groups in total. The van der Waals surface area contributed by atoms with Crippen molar-refractivity contribution in [2.24, 2.45) is 0 Å². The molecule has 3 nitrogen and oxygen atoms in total. The number of fused-ring (bicyclic) bond motifs is 1. The second-order valence-electron chi connectivity index (χ2n) is 6.13. The highest BCUT2D eigenvalue weighted by molar-refractivity contribution is 5.84. The van der Waals surface area contributed by atoms with Gasteiger partial charge in [0.05, 0.1) is 19.1 Å². The third kappa shape index (κ3) is 3.98. The molecule has 0 aliphatic carbocycles. The van der Waals surface area contributed by atoms with E-state index in [0.29, 0.717) is 11.1 Å². The van der Waals surface area contributed by atoms with Crippen LogP contribution in [0.3, 0.4) is 0 Å². The van der Waals surface area contributed by atoms with E-state index in [0.717, 1.165) is 16.3 Å². The molecule has 1 amide bonds. The SMILES string of the molecule is C=Cc1ccc(F)cc1CC(=O)N[C@@H](CO)c1ccc2ccccc2c1. The van der Waals surface area contributed by atoms with Gasteiger partial charge >= 0.3 is 0 Å². The molecule has 0 aromatic heterocycles. The van der Waals surface area contributed by atoms with Crippen LogP contribution in [0.5, 0.6) is 0 Å². The monoisotopic (exact) mass is 349 g/mol. The summed E-state index contributed by atoms with van der Waals surface area (Å²) in [4.78, 5) is 12.4. The first kappa shape index (κ1) is 17.8. The largest absolute Gasteiger partial charge is 0.394 e. The van der Waals surface area contributed by atoms with E-state index in [1.807, 2.05) is 42.5 Å². The molecule has 0 fully saturated rings. The van der Waals surface area contributed by atoms with Gasteiger partial charge in [0.1, 0.15) is 5.82 Å². The van der Waals surface area contributed by atoms with Crippen molar-refractivity contribution in [2.45, 2.75) is 12.5 Å². The summed E-state index contributed by atoms with van der Waals surface area (Å²) in [5.41, 5.74) is 2.10. The number of rotatable bonds is 6. The van der Waals surface area contributed by atoms with E-state index in [1.54, 1.807) is 12.1 Å². The number of nitrogens with one attached hydrogen (secondary N) is 1. The minimum Gasteiger partial charge on any atom is -0.394 e. The number of amides is 1. The molecule has 0 aliphatic rings. The van der Waals surface area contributed by atoms with Gasteiger partial charge in [0.2, 0.25) is 5.91 Å². The molecule has 0 saturated carbocycles. The molecular weight excluding hydrogens is 329 g/mol. The lowest BCUT2D eigenvalue weighted by Crippen LogP contribution is -2.32. The van der Waals surface area contributed by atoms with E-state index in [1.165, 1.54) is 12.1 Å². The standard InChI is InChI=1S/C22H20FNO2/c1-2-15-9-10-20(23)12-19(15)13-22(26)24-21(14-25)18-8-7-16-5-3-4-6-17(16)11-18/h2-12,21,25H,1,13-14H2,(H,24,26)/t21-/m0/s1. The molecule has 26 heavy (non-hydrogen) atoms. The highest BCUT2D eigenvalue weighted by Crippen LogP contribution is 2.21. The van der Waals surface area contributed by atoms with Crippen LogP contribution in [0.25, 0.3) is 16.8 Å². The van der Waals surface area contributed by atoms with Crippen molar-refractivity contribution in [2.75, 3.05) is 6.61 Å². The van der Waals surface area contributed by atoms with Crippen LogP contribution in [0.4, 0.5) is 4.39 Å². The Morgan fingerprint density at radius 3 is 2.62 bits per heavy atom. The van der Waals surface area contributed by atoms with Crippen molar-refractivity contribution in [1.29, 1.82) is 0 Å². The molecule has 1 atom stereocenters. The molecule has 3 rings (SSSR count). The number of aliphatic hydroxyl groups is 1. The van der Waals surface area contributed by atoms with Crippen LogP contribution in [-0.2, 0) is 11.2 Å². The van der Waals surface area contributed by atoms with Crippen molar-refractivity contribution < 1.29 is 14.3 Å². The minimum atomic E-state index is -0.521. The Balaban J connectivity index is 1.77. The summed E-state index contributed by atoms with van der Waals surface area (Å²) >= 11 is 0. The quantitative estimate of drug-likeness (QED) is 0.706. The van der Waals surface area contributed by atoms with Gasteiger partial charge in [-0.15, -0.1) is 0 Å². The molecule has 4 heteroatoms. The number of benzene rings is 3. The lowest BCUT2D eigenvalue weighted by Gasteiger charge is -2.18. The van der Waals surface area contributed by atoms with Crippen molar-refractivity contribution in [3.63, 3.8) is 0 Å². The Labute approximate surface area is 151 Å². The van der Waals surface area contributed by atoms with Crippen molar-refractivity contribution in [1.82, 2.24) is 5.32 Å². The molecule has 0 saturated heterocycles. The molecule has 3 aromatic carbocycles. The zero-order valence-electron chi connectivity index (χ0n) is 14.3. The Bertz CT molecular complexity index is 952. The van der Waals surface area contributed by atoms with Crippen LogP contribution in [0, 0.1) is 5.82 Å². The highest BCUT2D eigenvalue weighted by Gasteiger charge is 2.15. The van der Waals surface area contributed by atoms with E-state index in [2.05, 4.69) is 11.9 Å². The third-order valence-electron chi connectivity index (χ3n) is 4.37. The van der Waals surface area contributed by atoms with Gasteiger partial charge in [-0.25, -0.2) is 4.39 Å². The van der Waals surface area contributed by atoms with Crippen molar-refractivity contribution in [3.05, 3.63) is 89.8 Å². The van der Waals surface area contributed by atoms with Gasteiger partial charge in [0, 0.05) is 0 Å².